The molecule has 4 rings (SSSR count). The molecule has 2 aliphatic rings. The van der Waals surface area contributed by atoms with Crippen LogP contribution in [0.1, 0.15) is 43.2 Å². The maximum atomic E-state index is 5.96. The smallest absolute Gasteiger partial charge is 0.160 e. The number of aliphatic imine (C=N–C) groups is 1. The van der Waals surface area contributed by atoms with Gasteiger partial charge in [-0.1, -0.05) is 6.07 Å². The van der Waals surface area contributed by atoms with E-state index in [9.17, 15) is 0 Å². The summed E-state index contributed by atoms with van der Waals surface area (Å²) >= 11 is 0. The second-order valence-corrected chi connectivity index (χ2v) is 9.00. The summed E-state index contributed by atoms with van der Waals surface area (Å²) in [4.78, 5) is 19.0. The molecule has 0 bridgehead atoms. The van der Waals surface area contributed by atoms with Gasteiger partial charge < -0.3 is 16.0 Å². The normalized spacial score (nSPS) is 23.2. The topological polar surface area (TPSA) is 82.7 Å². The molecular weight excluding hydrogens is 374 g/mol. The summed E-state index contributed by atoms with van der Waals surface area (Å²) < 4.78 is 0. The summed E-state index contributed by atoms with van der Waals surface area (Å²) in [6, 6.07) is 8.51. The molecule has 2 aromatic rings. The van der Waals surface area contributed by atoms with Crippen molar-refractivity contribution in [1.82, 2.24) is 19.8 Å². The fraction of sp³-hybridized carbons (Fsp3) is 0.522. The zero-order valence-electron chi connectivity index (χ0n) is 18.5. The van der Waals surface area contributed by atoms with E-state index in [1.54, 1.807) is 0 Å². The Morgan fingerprint density at radius 3 is 2.47 bits per heavy atom. The third-order valence-corrected chi connectivity index (χ3v) is 6.31. The molecule has 1 aromatic carbocycles. The average molecular weight is 408 g/mol. The molecule has 160 valence electrons. The lowest BCUT2D eigenvalue weighted by atomic mass is 9.83. The summed E-state index contributed by atoms with van der Waals surface area (Å²) in [7, 11) is 8.48. The third-order valence-electron chi connectivity index (χ3n) is 6.31. The number of nitrogen functional groups attached to an aromatic ring is 1. The molecule has 1 saturated carbocycles. The van der Waals surface area contributed by atoms with Gasteiger partial charge in [-0.15, -0.1) is 0 Å². The summed E-state index contributed by atoms with van der Waals surface area (Å²) in [6.45, 7) is 0. The van der Waals surface area contributed by atoms with Gasteiger partial charge in [0.25, 0.3) is 0 Å². The van der Waals surface area contributed by atoms with Gasteiger partial charge in [0.2, 0.25) is 0 Å². The van der Waals surface area contributed by atoms with Crippen LogP contribution in [0.3, 0.4) is 0 Å². The second kappa shape index (κ2) is 8.70. The monoisotopic (exact) mass is 407 g/mol. The first-order valence-corrected chi connectivity index (χ1v) is 10.8. The highest BCUT2D eigenvalue weighted by Gasteiger charge is 2.29. The zero-order chi connectivity index (χ0) is 21.3. The molecule has 0 saturated heterocycles. The van der Waals surface area contributed by atoms with Crippen molar-refractivity contribution >= 4 is 29.1 Å². The molecule has 0 amide bonds. The van der Waals surface area contributed by atoms with Crippen molar-refractivity contribution < 1.29 is 0 Å². The minimum atomic E-state index is 0.0765. The molecular formula is C23H33N7. The highest BCUT2D eigenvalue weighted by Crippen LogP contribution is 2.39. The Hall–Kier alpha value is -2.51. The van der Waals surface area contributed by atoms with Gasteiger partial charge in [0.15, 0.2) is 5.82 Å². The Morgan fingerprint density at radius 1 is 1.03 bits per heavy atom. The SMILES string of the molecule is CN(C)C1CCC(Cc2nc(Nc3cccc(N)c3)c3c(n2)C(N(C)C)C=N3)CC1. The first-order chi connectivity index (χ1) is 14.4. The van der Waals surface area contributed by atoms with E-state index in [0.717, 1.165) is 40.8 Å². The van der Waals surface area contributed by atoms with Gasteiger partial charge in [-0.3, -0.25) is 9.89 Å². The third kappa shape index (κ3) is 4.47. The molecule has 1 unspecified atom stereocenters. The van der Waals surface area contributed by atoms with E-state index in [1.807, 2.05) is 30.5 Å². The van der Waals surface area contributed by atoms with Crippen LogP contribution in [-0.4, -0.2) is 60.2 Å². The lowest BCUT2D eigenvalue weighted by molar-refractivity contribution is 0.192. The van der Waals surface area contributed by atoms with E-state index in [1.165, 1.54) is 25.7 Å². The number of fused-ring (bicyclic) bond motifs is 1. The van der Waals surface area contributed by atoms with Gasteiger partial charge in [0.1, 0.15) is 11.5 Å². The second-order valence-electron chi connectivity index (χ2n) is 9.00. The van der Waals surface area contributed by atoms with Crippen LogP contribution in [0.2, 0.25) is 0 Å². The Bertz CT molecular complexity index is 914. The largest absolute Gasteiger partial charge is 0.399 e. The van der Waals surface area contributed by atoms with Crippen LogP contribution in [0.15, 0.2) is 29.3 Å². The van der Waals surface area contributed by atoms with Crippen LogP contribution in [-0.2, 0) is 6.42 Å². The Morgan fingerprint density at radius 2 is 1.80 bits per heavy atom. The number of rotatable bonds is 6. The highest BCUT2D eigenvalue weighted by molar-refractivity contribution is 5.85. The van der Waals surface area contributed by atoms with Crippen molar-refractivity contribution in [3.05, 3.63) is 35.8 Å². The van der Waals surface area contributed by atoms with Crippen LogP contribution >= 0.6 is 0 Å². The summed E-state index contributed by atoms with van der Waals surface area (Å²) in [5.74, 6) is 2.31. The van der Waals surface area contributed by atoms with Crippen LogP contribution in [0.5, 0.6) is 0 Å². The Kier molecular flexibility index (Phi) is 6.01. The van der Waals surface area contributed by atoms with E-state index in [2.05, 4.69) is 48.3 Å². The number of nitrogens with two attached hydrogens (primary N) is 1. The fourth-order valence-electron chi connectivity index (χ4n) is 4.50. The molecule has 3 N–H and O–H groups in total. The number of aromatic nitrogens is 2. The van der Waals surface area contributed by atoms with Gasteiger partial charge in [-0.05, 0) is 78.0 Å². The van der Waals surface area contributed by atoms with Crippen LogP contribution in [0, 0.1) is 5.92 Å². The van der Waals surface area contributed by atoms with Crippen molar-refractivity contribution in [3.8, 4) is 0 Å². The van der Waals surface area contributed by atoms with Crippen molar-refractivity contribution in [3.63, 3.8) is 0 Å². The molecule has 1 aromatic heterocycles. The molecule has 7 heteroatoms. The summed E-state index contributed by atoms with van der Waals surface area (Å²) in [5, 5.41) is 3.43. The van der Waals surface area contributed by atoms with Gasteiger partial charge in [0, 0.05) is 30.1 Å². The lowest BCUT2D eigenvalue weighted by Crippen LogP contribution is -2.32. The first kappa shape index (κ1) is 20.8. The molecule has 1 atom stereocenters. The van der Waals surface area contributed by atoms with Crippen molar-refractivity contribution in [1.29, 1.82) is 0 Å². The van der Waals surface area contributed by atoms with Crippen molar-refractivity contribution in [2.24, 2.45) is 10.9 Å². The average Bonchev–Trinajstić information content (AvgIpc) is 3.13. The van der Waals surface area contributed by atoms with Gasteiger partial charge in [-0.2, -0.15) is 0 Å². The van der Waals surface area contributed by atoms with Crippen molar-refractivity contribution in [2.45, 2.75) is 44.2 Å². The molecule has 7 nitrogen and oxygen atoms in total. The van der Waals surface area contributed by atoms with Crippen LogP contribution in [0.4, 0.5) is 22.9 Å². The van der Waals surface area contributed by atoms with E-state index < -0.39 is 0 Å². The van der Waals surface area contributed by atoms with Crippen molar-refractivity contribution in [2.75, 3.05) is 39.2 Å². The quantitative estimate of drug-likeness (QED) is 0.709. The van der Waals surface area contributed by atoms with E-state index in [0.29, 0.717) is 12.0 Å². The number of nitrogens with zero attached hydrogens (tertiary/aromatic N) is 5. The number of anilines is 3. The minimum Gasteiger partial charge on any atom is -0.399 e. The molecule has 0 spiro atoms. The van der Waals surface area contributed by atoms with Crippen LogP contribution < -0.4 is 11.1 Å². The van der Waals surface area contributed by atoms with Gasteiger partial charge in [0.05, 0.1) is 11.7 Å². The molecule has 1 fully saturated rings. The highest BCUT2D eigenvalue weighted by atomic mass is 15.2. The van der Waals surface area contributed by atoms with E-state index in [4.69, 9.17) is 15.7 Å². The molecule has 2 heterocycles. The number of nitrogens with one attached hydrogen (secondary N) is 1. The standard InChI is InChI=1S/C23H33N7/c1-29(2)18-10-8-15(9-11-18)12-20-27-21-19(30(3)4)14-25-22(21)23(28-20)26-17-7-5-6-16(24)13-17/h5-7,13-15,18-19H,8-12,24H2,1-4H3,(H,26,27,28). The predicted molar refractivity (Wildman–Crippen MR) is 124 cm³/mol. The van der Waals surface area contributed by atoms with E-state index >= 15 is 0 Å². The summed E-state index contributed by atoms with van der Waals surface area (Å²) in [5.41, 5.74) is 9.41. The molecule has 1 aliphatic carbocycles. The lowest BCUT2D eigenvalue weighted by Gasteiger charge is -2.32. The fourth-order valence-corrected chi connectivity index (χ4v) is 4.50. The molecule has 1 aliphatic heterocycles. The number of hydrogen-bond donors (Lipinski definition) is 2. The van der Waals surface area contributed by atoms with Gasteiger partial charge >= 0.3 is 0 Å². The van der Waals surface area contributed by atoms with Gasteiger partial charge in [-0.25, -0.2) is 9.97 Å². The van der Waals surface area contributed by atoms with Crippen LogP contribution in [0.25, 0.3) is 0 Å². The Labute approximate surface area is 179 Å². The summed E-state index contributed by atoms with van der Waals surface area (Å²) in [6.07, 6.45) is 7.83. The predicted octanol–water partition coefficient (Wildman–Crippen LogP) is 3.78. The minimum absolute atomic E-state index is 0.0765. The van der Waals surface area contributed by atoms with E-state index in [-0.39, 0.29) is 6.04 Å². The maximum absolute atomic E-state index is 5.96. The zero-order valence-corrected chi connectivity index (χ0v) is 18.5. The number of benzene rings is 1. The Balaban J connectivity index is 1.59. The molecule has 0 radical (unpaired) electrons. The maximum Gasteiger partial charge on any atom is 0.160 e. The number of hydrogen-bond acceptors (Lipinski definition) is 7. The first-order valence-electron chi connectivity index (χ1n) is 10.8. The molecule has 30 heavy (non-hydrogen) atoms.